The molecule has 166 valence electrons. The molecule has 0 radical (unpaired) electrons. The zero-order valence-corrected chi connectivity index (χ0v) is 20.7. The number of thioether (sulfide) groups is 1. The van der Waals surface area contributed by atoms with E-state index < -0.39 is 0 Å². The van der Waals surface area contributed by atoms with E-state index in [1.165, 1.54) is 11.8 Å². The lowest BCUT2D eigenvalue weighted by Gasteiger charge is -2.13. The number of fused-ring (bicyclic) bond motifs is 1. The van der Waals surface area contributed by atoms with Gasteiger partial charge in [-0.3, -0.25) is 0 Å². The standard InChI is InChI=1S/C25H18Cl2N2O2S2/c1-2-30-23-12-16(7-10-22(23)31-15-17-8-9-18(26)13-20(17)27)11-19(14-28)32-25-29-21-5-3-4-6-24(21)33-25/h3-13H,2,15H2,1H3/b19-11+. The lowest BCUT2D eigenvalue weighted by molar-refractivity contribution is 0.269. The van der Waals surface area contributed by atoms with Crippen LogP contribution in [-0.2, 0) is 6.61 Å². The van der Waals surface area contributed by atoms with Crippen LogP contribution in [0.4, 0.5) is 0 Å². The van der Waals surface area contributed by atoms with E-state index >= 15 is 0 Å². The van der Waals surface area contributed by atoms with Gasteiger partial charge in [-0.2, -0.15) is 5.26 Å². The number of allylic oxidation sites excluding steroid dienone is 1. The third-order valence-electron chi connectivity index (χ3n) is 4.55. The Hall–Kier alpha value is -2.69. The molecule has 0 unspecified atom stereocenters. The minimum Gasteiger partial charge on any atom is -0.490 e. The second kappa shape index (κ2) is 11.0. The van der Waals surface area contributed by atoms with Crippen molar-refractivity contribution in [3.8, 4) is 17.6 Å². The summed E-state index contributed by atoms with van der Waals surface area (Å²) >= 11 is 15.1. The van der Waals surface area contributed by atoms with Crippen LogP contribution in [0.5, 0.6) is 11.5 Å². The maximum Gasteiger partial charge on any atom is 0.161 e. The molecule has 4 aromatic rings. The summed E-state index contributed by atoms with van der Waals surface area (Å²) in [5, 5.41) is 10.8. The Kier molecular flexibility index (Phi) is 7.79. The minimum atomic E-state index is 0.280. The van der Waals surface area contributed by atoms with Crippen molar-refractivity contribution in [2.75, 3.05) is 6.61 Å². The molecule has 1 heterocycles. The predicted molar refractivity (Wildman–Crippen MR) is 137 cm³/mol. The summed E-state index contributed by atoms with van der Waals surface area (Å²) in [5.41, 5.74) is 2.59. The fourth-order valence-corrected chi connectivity index (χ4v) is 5.46. The number of hydrogen-bond donors (Lipinski definition) is 0. The van der Waals surface area contributed by atoms with Gasteiger partial charge in [0.2, 0.25) is 0 Å². The van der Waals surface area contributed by atoms with Gasteiger partial charge in [-0.05, 0) is 66.7 Å². The van der Waals surface area contributed by atoms with Crippen LogP contribution in [0.2, 0.25) is 10.0 Å². The molecule has 0 N–H and O–H groups in total. The first-order valence-corrected chi connectivity index (χ1v) is 12.4. The average molecular weight is 513 g/mol. The Morgan fingerprint density at radius 3 is 2.70 bits per heavy atom. The van der Waals surface area contributed by atoms with Gasteiger partial charge in [0.1, 0.15) is 12.7 Å². The van der Waals surface area contributed by atoms with E-state index in [1.54, 1.807) is 23.5 Å². The van der Waals surface area contributed by atoms with Crippen LogP contribution in [0.3, 0.4) is 0 Å². The third kappa shape index (κ3) is 6.01. The number of halogens is 2. The maximum absolute atomic E-state index is 9.67. The van der Waals surface area contributed by atoms with Crippen molar-refractivity contribution in [1.29, 1.82) is 5.26 Å². The smallest absolute Gasteiger partial charge is 0.161 e. The van der Waals surface area contributed by atoms with E-state index in [1.807, 2.05) is 61.5 Å². The number of para-hydroxylation sites is 1. The molecular weight excluding hydrogens is 495 g/mol. The third-order valence-corrected chi connectivity index (χ3v) is 7.16. The van der Waals surface area contributed by atoms with Gasteiger partial charge in [0.15, 0.2) is 15.8 Å². The van der Waals surface area contributed by atoms with E-state index in [-0.39, 0.29) is 6.61 Å². The van der Waals surface area contributed by atoms with Crippen molar-refractivity contribution < 1.29 is 9.47 Å². The number of hydrogen-bond acceptors (Lipinski definition) is 6. The van der Waals surface area contributed by atoms with Crippen molar-refractivity contribution in [2.45, 2.75) is 17.9 Å². The molecule has 0 fully saturated rings. The highest BCUT2D eigenvalue weighted by Gasteiger charge is 2.11. The summed E-state index contributed by atoms with van der Waals surface area (Å²) in [6, 6.07) is 21.1. The molecule has 0 saturated heterocycles. The van der Waals surface area contributed by atoms with E-state index in [2.05, 4.69) is 11.1 Å². The number of thiazole rings is 1. The number of benzene rings is 3. The molecule has 3 aromatic carbocycles. The molecule has 0 spiro atoms. The van der Waals surface area contributed by atoms with Crippen molar-refractivity contribution in [2.24, 2.45) is 0 Å². The molecule has 4 nitrogen and oxygen atoms in total. The van der Waals surface area contributed by atoms with Crippen molar-refractivity contribution >= 4 is 62.6 Å². The summed E-state index contributed by atoms with van der Waals surface area (Å²) in [4.78, 5) is 5.13. The van der Waals surface area contributed by atoms with Gasteiger partial charge in [0.25, 0.3) is 0 Å². The fraction of sp³-hybridized carbons (Fsp3) is 0.120. The van der Waals surface area contributed by atoms with Gasteiger partial charge in [-0.25, -0.2) is 4.98 Å². The van der Waals surface area contributed by atoms with Crippen LogP contribution >= 0.6 is 46.3 Å². The highest BCUT2D eigenvalue weighted by atomic mass is 35.5. The summed E-state index contributed by atoms with van der Waals surface area (Å²) < 4.78 is 13.7. The van der Waals surface area contributed by atoms with E-state index in [0.717, 1.165) is 25.7 Å². The van der Waals surface area contributed by atoms with Crippen LogP contribution in [0.25, 0.3) is 16.3 Å². The highest BCUT2D eigenvalue weighted by molar-refractivity contribution is 8.05. The second-order valence-electron chi connectivity index (χ2n) is 6.83. The Morgan fingerprint density at radius 2 is 1.94 bits per heavy atom. The van der Waals surface area contributed by atoms with Gasteiger partial charge in [-0.15, -0.1) is 11.3 Å². The van der Waals surface area contributed by atoms with E-state index in [4.69, 9.17) is 32.7 Å². The summed E-state index contributed by atoms with van der Waals surface area (Å²) in [5.74, 6) is 1.19. The van der Waals surface area contributed by atoms with Crippen LogP contribution < -0.4 is 9.47 Å². The number of nitrogens with zero attached hydrogens (tertiary/aromatic N) is 2. The van der Waals surface area contributed by atoms with E-state index in [9.17, 15) is 5.26 Å². The zero-order chi connectivity index (χ0) is 23.2. The largest absolute Gasteiger partial charge is 0.490 e. The number of aromatic nitrogens is 1. The SMILES string of the molecule is CCOc1cc(/C=C(\C#N)Sc2nc3ccccc3s2)ccc1OCc1ccc(Cl)cc1Cl. The molecule has 8 heteroatoms. The molecule has 0 saturated carbocycles. The summed E-state index contributed by atoms with van der Waals surface area (Å²) in [7, 11) is 0. The van der Waals surface area contributed by atoms with Gasteiger partial charge in [0, 0.05) is 15.6 Å². The zero-order valence-electron chi connectivity index (χ0n) is 17.5. The molecule has 1 aromatic heterocycles. The maximum atomic E-state index is 9.67. The van der Waals surface area contributed by atoms with Gasteiger partial charge < -0.3 is 9.47 Å². The Morgan fingerprint density at radius 1 is 1.09 bits per heavy atom. The minimum absolute atomic E-state index is 0.280. The predicted octanol–water partition coefficient (Wildman–Crippen LogP) is 8.24. The fourth-order valence-electron chi connectivity index (χ4n) is 3.02. The van der Waals surface area contributed by atoms with E-state index in [0.29, 0.717) is 33.1 Å². The Bertz CT molecular complexity index is 1330. The molecular formula is C25H18Cl2N2O2S2. The second-order valence-corrected chi connectivity index (χ2v) is 10.00. The molecule has 4 rings (SSSR count). The Balaban J connectivity index is 1.53. The Labute approximate surface area is 210 Å². The molecule has 0 atom stereocenters. The van der Waals surface area contributed by atoms with Crippen LogP contribution in [0, 0.1) is 11.3 Å². The average Bonchev–Trinajstić information content (AvgIpc) is 3.21. The van der Waals surface area contributed by atoms with Crippen LogP contribution in [0.15, 0.2) is 69.9 Å². The normalized spacial score (nSPS) is 11.4. The van der Waals surface area contributed by atoms with Crippen molar-refractivity contribution in [3.63, 3.8) is 0 Å². The number of ether oxygens (including phenoxy) is 2. The first-order valence-electron chi connectivity index (χ1n) is 10.0. The lowest BCUT2D eigenvalue weighted by Crippen LogP contribution is -2.00. The topological polar surface area (TPSA) is 55.1 Å². The number of rotatable bonds is 8. The first kappa shape index (κ1) is 23.5. The van der Waals surface area contributed by atoms with Crippen molar-refractivity contribution in [1.82, 2.24) is 4.98 Å². The summed E-state index contributed by atoms with van der Waals surface area (Å²) in [6.45, 7) is 2.67. The van der Waals surface area contributed by atoms with Crippen LogP contribution in [-0.4, -0.2) is 11.6 Å². The first-order chi connectivity index (χ1) is 16.1. The van der Waals surface area contributed by atoms with Crippen LogP contribution in [0.1, 0.15) is 18.1 Å². The molecule has 0 aliphatic carbocycles. The molecule has 0 aliphatic heterocycles. The molecule has 0 aliphatic rings. The molecule has 0 bridgehead atoms. The van der Waals surface area contributed by atoms with Gasteiger partial charge in [0.05, 0.1) is 21.7 Å². The van der Waals surface area contributed by atoms with Crippen molar-refractivity contribution in [3.05, 3.63) is 86.7 Å². The van der Waals surface area contributed by atoms with Gasteiger partial charge >= 0.3 is 0 Å². The molecule has 0 amide bonds. The quantitative estimate of drug-likeness (QED) is 0.175. The molecule has 33 heavy (non-hydrogen) atoms. The summed E-state index contributed by atoms with van der Waals surface area (Å²) in [6.07, 6.45) is 1.82. The highest BCUT2D eigenvalue weighted by Crippen LogP contribution is 2.36. The monoisotopic (exact) mass is 512 g/mol. The number of nitriles is 1. The van der Waals surface area contributed by atoms with Gasteiger partial charge in [-0.1, -0.05) is 47.5 Å². The lowest BCUT2D eigenvalue weighted by atomic mass is 10.2.